The van der Waals surface area contributed by atoms with Gasteiger partial charge < -0.3 is 41.8 Å². The quantitative estimate of drug-likeness (QED) is 0.0604. The maximum Gasteiger partial charge on any atom is 0.254 e. The van der Waals surface area contributed by atoms with Gasteiger partial charge in [-0.1, -0.05) is 23.7 Å². The minimum absolute atomic E-state index is 0.0511. The van der Waals surface area contributed by atoms with Crippen molar-refractivity contribution in [2.75, 3.05) is 44.3 Å². The van der Waals surface area contributed by atoms with Gasteiger partial charge in [-0.05, 0) is 69.9 Å². The second-order valence-electron chi connectivity index (χ2n) is 14.3. The van der Waals surface area contributed by atoms with Crippen LogP contribution in [0.1, 0.15) is 56.4 Å². The number of anilines is 5. The molecule has 4 aromatic heterocycles. The van der Waals surface area contributed by atoms with Crippen molar-refractivity contribution in [2.24, 2.45) is 17.6 Å². The van der Waals surface area contributed by atoms with Gasteiger partial charge >= 0.3 is 0 Å². The summed E-state index contributed by atoms with van der Waals surface area (Å²) in [6.07, 6.45) is 6.72. The summed E-state index contributed by atoms with van der Waals surface area (Å²) in [6, 6.07) is 14.7. The number of carbonyl (C=O) groups is 4. The number of aryl methyl sites for hydroxylation is 2. The van der Waals surface area contributed by atoms with Gasteiger partial charge in [0.1, 0.15) is 11.0 Å². The molecule has 0 radical (unpaired) electrons. The molecule has 6 aromatic rings. The zero-order valence-electron chi connectivity index (χ0n) is 35.4. The zero-order valence-corrected chi connectivity index (χ0v) is 37.8. The van der Waals surface area contributed by atoms with Crippen molar-refractivity contribution in [1.82, 2.24) is 30.6 Å². The van der Waals surface area contributed by atoms with E-state index in [0.717, 1.165) is 58.2 Å². The second kappa shape index (κ2) is 21.0. The summed E-state index contributed by atoms with van der Waals surface area (Å²) in [6.45, 7) is 3.91. The fraction of sp³-hybridized carbons (Fsp3) is 0.273. The van der Waals surface area contributed by atoms with Gasteiger partial charge in [-0.15, -0.1) is 22.7 Å². The molecule has 2 fully saturated rings. The first kappa shape index (κ1) is 45.9. The van der Waals surface area contributed by atoms with Crippen molar-refractivity contribution in [3.8, 4) is 34.0 Å². The Labute approximate surface area is 377 Å². The van der Waals surface area contributed by atoms with Crippen LogP contribution in [0.3, 0.4) is 0 Å². The predicted molar refractivity (Wildman–Crippen MR) is 248 cm³/mol. The van der Waals surface area contributed by atoms with Crippen LogP contribution in [0.15, 0.2) is 71.7 Å². The number of thiazole rings is 2. The van der Waals surface area contributed by atoms with Gasteiger partial charge in [-0.2, -0.15) is 0 Å². The number of hydrogen-bond donors (Lipinski definition) is 6. The summed E-state index contributed by atoms with van der Waals surface area (Å²) in [7, 11) is 6.31. The van der Waals surface area contributed by atoms with Crippen LogP contribution in [0, 0.1) is 25.7 Å². The lowest BCUT2D eigenvalue weighted by molar-refractivity contribution is -0.119. The first-order valence-electron chi connectivity index (χ1n) is 19.8. The standard InChI is InChI=1S/C22H23N5O3S.C18H17ClN4O2S.C4H7NO/c1-12-25-18(11-31-12)14-5-4-6-16(20(14)30-3)26-17-9-19(27-21(28)13-7-8-13)24-10-15(17)22(29)23-2;1-10-22-15(9-26-10)11-5-4-6-13(17(11)25-3)23-14-7-16(19)21-8-12(14)18(24)20-2;5-4(6)3-1-2-3/h4-6,9-11,13H,7-8H2,1-3H3,(H,23,29)(H2,24,26,27,28);4-9H,1-3H3,(H,20,24)(H,21,23);3H,1-2H2,(H2,5,6). The van der Waals surface area contributed by atoms with E-state index in [2.05, 4.69) is 46.5 Å². The number of hydrogen-bond acceptors (Lipinski definition) is 14. The van der Waals surface area contributed by atoms with Crippen LogP contribution in [-0.4, -0.2) is 71.9 Å². The van der Waals surface area contributed by atoms with Gasteiger partial charge in [0.2, 0.25) is 11.8 Å². The van der Waals surface area contributed by atoms with E-state index in [0.29, 0.717) is 51.2 Å². The average molecular weight is 912 g/mol. The highest BCUT2D eigenvalue weighted by Gasteiger charge is 2.30. The summed E-state index contributed by atoms with van der Waals surface area (Å²) in [5, 5.41) is 20.7. The number of benzene rings is 2. The smallest absolute Gasteiger partial charge is 0.254 e. The van der Waals surface area contributed by atoms with Crippen LogP contribution < -0.4 is 41.8 Å². The molecule has 2 aromatic carbocycles. The van der Waals surface area contributed by atoms with Crippen molar-refractivity contribution in [1.29, 1.82) is 0 Å². The van der Waals surface area contributed by atoms with E-state index in [1.165, 1.54) is 12.4 Å². The summed E-state index contributed by atoms with van der Waals surface area (Å²) < 4.78 is 11.3. The van der Waals surface area contributed by atoms with E-state index in [-0.39, 0.29) is 40.6 Å². The fourth-order valence-electron chi connectivity index (χ4n) is 6.11. The third kappa shape index (κ3) is 11.8. The Morgan fingerprint density at radius 2 is 1.17 bits per heavy atom. The van der Waals surface area contributed by atoms with E-state index < -0.39 is 0 Å². The predicted octanol–water partition coefficient (Wildman–Crippen LogP) is 8.13. The molecule has 2 aliphatic carbocycles. The number of primary amides is 1. The molecule has 0 bridgehead atoms. The lowest BCUT2D eigenvalue weighted by Gasteiger charge is -2.17. The maximum atomic E-state index is 12.4. The van der Waals surface area contributed by atoms with Gasteiger partial charge in [0, 0.05) is 66.3 Å². The molecule has 0 spiro atoms. The first-order valence-corrected chi connectivity index (χ1v) is 21.9. The topological polar surface area (TPSA) is 224 Å². The van der Waals surface area contributed by atoms with Crippen LogP contribution in [0.4, 0.5) is 28.6 Å². The highest BCUT2D eigenvalue weighted by Crippen LogP contribution is 2.40. The highest BCUT2D eigenvalue weighted by atomic mass is 35.5. The van der Waals surface area contributed by atoms with E-state index >= 15 is 0 Å². The maximum absolute atomic E-state index is 12.4. The van der Waals surface area contributed by atoms with Gasteiger partial charge in [0.15, 0.2) is 11.5 Å². The Morgan fingerprint density at radius 1 is 0.698 bits per heavy atom. The Bertz CT molecular complexity index is 2630. The molecule has 328 valence electrons. The number of halogens is 1. The molecule has 0 aliphatic heterocycles. The molecule has 8 rings (SSSR count). The third-order valence-corrected chi connectivity index (χ3v) is 11.4. The van der Waals surface area contributed by atoms with Crippen LogP contribution >= 0.6 is 34.3 Å². The van der Waals surface area contributed by atoms with Crippen LogP contribution in [-0.2, 0) is 9.59 Å². The highest BCUT2D eigenvalue weighted by molar-refractivity contribution is 7.10. The Kier molecular flexibility index (Phi) is 15.3. The second-order valence-corrected chi connectivity index (χ2v) is 16.8. The van der Waals surface area contributed by atoms with E-state index in [4.69, 9.17) is 26.8 Å². The number of nitrogens with two attached hydrogens (primary N) is 1. The SMILES string of the molecule is CNC(=O)c1cnc(Cl)cc1Nc1cccc(-c2csc(C)n2)c1OC.CNC(=O)c1cnc(NC(=O)C2CC2)cc1Nc1cccc(-c2csc(C)n2)c1OC.NC(=O)C1CC1. The van der Waals surface area contributed by atoms with E-state index in [1.807, 2.05) is 61.0 Å². The lowest BCUT2D eigenvalue weighted by atomic mass is 10.1. The molecule has 7 N–H and O–H groups in total. The van der Waals surface area contributed by atoms with Crippen molar-refractivity contribution in [3.05, 3.63) is 98.0 Å². The number of nitrogens with one attached hydrogen (secondary N) is 5. The number of pyridine rings is 2. The van der Waals surface area contributed by atoms with Crippen molar-refractivity contribution in [2.45, 2.75) is 39.5 Å². The molecular formula is C44H47ClN10O6S2. The van der Waals surface area contributed by atoms with E-state index in [1.54, 1.807) is 63.1 Å². The minimum Gasteiger partial charge on any atom is -0.494 e. The van der Waals surface area contributed by atoms with Crippen LogP contribution in [0.25, 0.3) is 22.5 Å². The van der Waals surface area contributed by atoms with Crippen LogP contribution in [0.2, 0.25) is 5.15 Å². The molecule has 63 heavy (non-hydrogen) atoms. The van der Waals surface area contributed by atoms with Gasteiger partial charge in [0.25, 0.3) is 11.8 Å². The molecule has 4 heterocycles. The number of aromatic nitrogens is 4. The third-order valence-electron chi connectivity index (χ3n) is 9.66. The normalized spacial score (nSPS) is 12.6. The molecule has 2 saturated carbocycles. The largest absolute Gasteiger partial charge is 0.494 e. The Morgan fingerprint density at radius 3 is 1.57 bits per heavy atom. The number of para-hydroxylation sites is 2. The monoisotopic (exact) mass is 910 g/mol. The minimum atomic E-state index is -0.291. The number of ether oxygens (including phenoxy) is 2. The number of amides is 4. The molecule has 16 nitrogen and oxygen atoms in total. The molecule has 0 atom stereocenters. The van der Waals surface area contributed by atoms with Crippen molar-refractivity contribution >= 4 is 86.5 Å². The molecule has 2 aliphatic rings. The zero-order chi connectivity index (χ0) is 45.2. The van der Waals surface area contributed by atoms with Gasteiger partial charge in [-0.25, -0.2) is 19.9 Å². The first-order chi connectivity index (χ1) is 30.3. The molecule has 0 saturated heterocycles. The summed E-state index contributed by atoms with van der Waals surface area (Å²) in [5.41, 5.74) is 11.4. The van der Waals surface area contributed by atoms with Crippen LogP contribution in [0.5, 0.6) is 11.5 Å². The summed E-state index contributed by atoms with van der Waals surface area (Å²) >= 11 is 9.15. The van der Waals surface area contributed by atoms with Crippen molar-refractivity contribution < 1.29 is 28.7 Å². The summed E-state index contributed by atoms with van der Waals surface area (Å²) in [4.78, 5) is 63.9. The average Bonchev–Trinajstić information content (AvgIpc) is 4.22. The fourth-order valence-corrected chi connectivity index (χ4v) is 7.50. The van der Waals surface area contributed by atoms with Crippen molar-refractivity contribution in [3.63, 3.8) is 0 Å². The van der Waals surface area contributed by atoms with Gasteiger partial charge in [0.05, 0.1) is 69.5 Å². The van der Waals surface area contributed by atoms with Gasteiger partial charge in [-0.3, -0.25) is 19.2 Å². The number of methoxy groups -OCH3 is 2. The van der Waals surface area contributed by atoms with E-state index in [9.17, 15) is 19.2 Å². The molecule has 19 heteroatoms. The summed E-state index contributed by atoms with van der Waals surface area (Å²) in [5.74, 6) is 1.18. The number of nitrogens with zero attached hydrogens (tertiary/aromatic N) is 4. The Hall–Kier alpha value is -6.63. The lowest BCUT2D eigenvalue weighted by Crippen LogP contribution is -2.20. The molecule has 0 unspecified atom stereocenters. The number of rotatable bonds is 13. The Balaban J connectivity index is 0.000000187. The molecule has 4 amide bonds. The number of carbonyl (C=O) groups excluding carboxylic acids is 4. The molecular weight excluding hydrogens is 864 g/mol.